The summed E-state index contributed by atoms with van der Waals surface area (Å²) in [6.45, 7) is 4.89. The lowest BCUT2D eigenvalue weighted by Gasteiger charge is -2.13. The van der Waals surface area contributed by atoms with E-state index in [1.54, 1.807) is 0 Å². The van der Waals surface area contributed by atoms with Crippen LogP contribution in [0.4, 0.5) is 0 Å². The van der Waals surface area contributed by atoms with Gasteiger partial charge in [0.2, 0.25) is 0 Å². The van der Waals surface area contributed by atoms with Gasteiger partial charge in [-0.05, 0) is 19.3 Å². The van der Waals surface area contributed by atoms with E-state index in [0.717, 1.165) is 32.3 Å². The van der Waals surface area contributed by atoms with Crippen LogP contribution in [-0.4, -0.2) is 18.5 Å². The zero-order valence-electron chi connectivity index (χ0n) is 8.01. The molecule has 0 amide bonds. The molecule has 12 heavy (non-hydrogen) atoms. The van der Waals surface area contributed by atoms with Crippen LogP contribution in [0.1, 0.15) is 39.5 Å². The molecule has 0 aromatic carbocycles. The normalized spacial score (nSPS) is 25.7. The van der Waals surface area contributed by atoms with Crippen LogP contribution in [-0.2, 0) is 9.53 Å². The maximum absolute atomic E-state index is 11.6. The summed E-state index contributed by atoms with van der Waals surface area (Å²) in [6.07, 6.45) is 3.99. The molecule has 2 unspecified atom stereocenters. The van der Waals surface area contributed by atoms with Crippen LogP contribution in [0, 0.1) is 5.92 Å². The van der Waals surface area contributed by atoms with Gasteiger partial charge in [0.1, 0.15) is 6.10 Å². The lowest BCUT2D eigenvalue weighted by atomic mass is 9.96. The second-order valence-corrected chi connectivity index (χ2v) is 3.59. The fourth-order valence-electron chi connectivity index (χ4n) is 1.69. The van der Waals surface area contributed by atoms with Crippen LogP contribution in [0.3, 0.4) is 0 Å². The quantitative estimate of drug-likeness (QED) is 0.646. The average Bonchev–Trinajstić information content (AvgIpc) is 2.55. The van der Waals surface area contributed by atoms with E-state index in [4.69, 9.17) is 4.74 Å². The zero-order chi connectivity index (χ0) is 8.97. The molecule has 0 bridgehead atoms. The topological polar surface area (TPSA) is 26.3 Å². The van der Waals surface area contributed by atoms with Crippen molar-refractivity contribution >= 4 is 5.78 Å². The van der Waals surface area contributed by atoms with Gasteiger partial charge in [-0.1, -0.05) is 20.3 Å². The van der Waals surface area contributed by atoms with Crippen LogP contribution >= 0.6 is 0 Å². The molecule has 2 heteroatoms. The second-order valence-electron chi connectivity index (χ2n) is 3.59. The molecule has 0 N–H and O–H groups in total. The molecule has 0 aliphatic carbocycles. The smallest absolute Gasteiger partial charge is 0.164 e. The summed E-state index contributed by atoms with van der Waals surface area (Å²) in [6, 6.07) is 0. The highest BCUT2D eigenvalue weighted by Crippen LogP contribution is 2.18. The molecule has 1 rings (SSSR count). The summed E-state index contributed by atoms with van der Waals surface area (Å²) >= 11 is 0. The minimum atomic E-state index is -0.0773. The Morgan fingerprint density at radius 3 is 2.92 bits per heavy atom. The SMILES string of the molecule is CCCC(C)C(=O)C1CCCO1. The highest BCUT2D eigenvalue weighted by atomic mass is 16.5. The number of carbonyl (C=O) groups excluding carboxylic acids is 1. The molecule has 1 fully saturated rings. The maximum Gasteiger partial charge on any atom is 0.164 e. The van der Waals surface area contributed by atoms with Gasteiger partial charge < -0.3 is 4.74 Å². The molecule has 2 nitrogen and oxygen atoms in total. The fraction of sp³-hybridized carbons (Fsp3) is 0.900. The Morgan fingerprint density at radius 1 is 1.67 bits per heavy atom. The van der Waals surface area contributed by atoms with E-state index in [1.165, 1.54) is 0 Å². The van der Waals surface area contributed by atoms with E-state index in [0.29, 0.717) is 5.78 Å². The van der Waals surface area contributed by atoms with Crippen molar-refractivity contribution in [2.24, 2.45) is 5.92 Å². The summed E-state index contributed by atoms with van der Waals surface area (Å²) in [5.41, 5.74) is 0. The maximum atomic E-state index is 11.6. The van der Waals surface area contributed by atoms with Gasteiger partial charge in [0.05, 0.1) is 0 Å². The Hall–Kier alpha value is -0.370. The first kappa shape index (κ1) is 9.72. The Kier molecular flexibility index (Phi) is 3.73. The predicted molar refractivity (Wildman–Crippen MR) is 48.1 cm³/mol. The van der Waals surface area contributed by atoms with Gasteiger partial charge in [0.25, 0.3) is 0 Å². The number of ketones is 1. The van der Waals surface area contributed by atoms with Crippen molar-refractivity contribution < 1.29 is 9.53 Å². The highest BCUT2D eigenvalue weighted by molar-refractivity contribution is 5.85. The van der Waals surface area contributed by atoms with E-state index < -0.39 is 0 Å². The van der Waals surface area contributed by atoms with Crippen molar-refractivity contribution in [3.05, 3.63) is 0 Å². The van der Waals surface area contributed by atoms with Gasteiger partial charge in [0, 0.05) is 12.5 Å². The average molecular weight is 170 g/mol. The summed E-state index contributed by atoms with van der Waals surface area (Å²) in [7, 11) is 0. The Morgan fingerprint density at radius 2 is 2.42 bits per heavy atom. The predicted octanol–water partition coefficient (Wildman–Crippen LogP) is 2.17. The molecule has 0 aromatic rings. The number of ether oxygens (including phenoxy) is 1. The zero-order valence-corrected chi connectivity index (χ0v) is 8.01. The molecule has 1 heterocycles. The first-order valence-corrected chi connectivity index (χ1v) is 4.91. The van der Waals surface area contributed by atoms with Crippen LogP contribution in [0.2, 0.25) is 0 Å². The molecule has 1 aliphatic rings. The number of Topliss-reactive ketones (excluding diaryl/α,β-unsaturated/α-hetero) is 1. The van der Waals surface area contributed by atoms with Crippen LogP contribution in [0.25, 0.3) is 0 Å². The van der Waals surface area contributed by atoms with Gasteiger partial charge >= 0.3 is 0 Å². The molecule has 0 aromatic heterocycles. The molecule has 0 radical (unpaired) electrons. The van der Waals surface area contributed by atoms with Gasteiger partial charge in [-0.15, -0.1) is 0 Å². The van der Waals surface area contributed by atoms with E-state index in [9.17, 15) is 4.79 Å². The van der Waals surface area contributed by atoms with E-state index in [2.05, 4.69) is 6.92 Å². The molecule has 0 spiro atoms. The lowest BCUT2D eigenvalue weighted by molar-refractivity contribution is -0.131. The second kappa shape index (κ2) is 4.61. The van der Waals surface area contributed by atoms with Crippen molar-refractivity contribution in [2.45, 2.75) is 45.6 Å². The minimum Gasteiger partial charge on any atom is -0.370 e. The number of hydrogen-bond donors (Lipinski definition) is 0. The molecule has 1 saturated heterocycles. The molecular weight excluding hydrogens is 152 g/mol. The van der Waals surface area contributed by atoms with Crippen LogP contribution in [0.5, 0.6) is 0 Å². The number of rotatable bonds is 4. The molecular formula is C10H18O2. The summed E-state index contributed by atoms with van der Waals surface area (Å²) in [4.78, 5) is 11.6. The number of hydrogen-bond acceptors (Lipinski definition) is 2. The third-order valence-electron chi connectivity index (χ3n) is 2.45. The first-order valence-electron chi connectivity index (χ1n) is 4.91. The van der Waals surface area contributed by atoms with Crippen molar-refractivity contribution in [2.75, 3.05) is 6.61 Å². The Balaban J connectivity index is 2.34. The summed E-state index contributed by atoms with van der Waals surface area (Å²) in [5, 5.41) is 0. The van der Waals surface area contributed by atoms with Gasteiger partial charge in [-0.25, -0.2) is 0 Å². The van der Waals surface area contributed by atoms with E-state index >= 15 is 0 Å². The minimum absolute atomic E-state index is 0.0773. The Labute approximate surface area is 74.3 Å². The molecule has 0 saturated carbocycles. The van der Waals surface area contributed by atoms with Crippen molar-refractivity contribution in [1.82, 2.24) is 0 Å². The van der Waals surface area contributed by atoms with Gasteiger partial charge in [-0.2, -0.15) is 0 Å². The van der Waals surface area contributed by atoms with Crippen molar-refractivity contribution in [1.29, 1.82) is 0 Å². The van der Waals surface area contributed by atoms with E-state index in [-0.39, 0.29) is 12.0 Å². The van der Waals surface area contributed by atoms with Crippen molar-refractivity contribution in [3.8, 4) is 0 Å². The highest BCUT2D eigenvalue weighted by Gasteiger charge is 2.26. The van der Waals surface area contributed by atoms with Gasteiger partial charge in [0.15, 0.2) is 5.78 Å². The lowest BCUT2D eigenvalue weighted by Crippen LogP contribution is -2.25. The third kappa shape index (κ3) is 2.31. The largest absolute Gasteiger partial charge is 0.370 e. The summed E-state index contributed by atoms with van der Waals surface area (Å²) in [5.74, 6) is 0.507. The molecule has 70 valence electrons. The number of carbonyl (C=O) groups is 1. The van der Waals surface area contributed by atoms with Crippen molar-refractivity contribution in [3.63, 3.8) is 0 Å². The summed E-state index contributed by atoms with van der Waals surface area (Å²) < 4.78 is 5.33. The monoisotopic (exact) mass is 170 g/mol. The molecule has 1 aliphatic heterocycles. The first-order chi connectivity index (χ1) is 5.75. The Bertz CT molecular complexity index is 148. The van der Waals surface area contributed by atoms with Crippen LogP contribution < -0.4 is 0 Å². The molecule has 2 atom stereocenters. The third-order valence-corrected chi connectivity index (χ3v) is 2.45. The van der Waals surface area contributed by atoms with Crippen LogP contribution in [0.15, 0.2) is 0 Å². The van der Waals surface area contributed by atoms with E-state index in [1.807, 2.05) is 6.92 Å². The van der Waals surface area contributed by atoms with Gasteiger partial charge in [-0.3, -0.25) is 4.79 Å². The standard InChI is InChI=1S/C10H18O2/c1-3-5-8(2)10(11)9-6-4-7-12-9/h8-9H,3-7H2,1-2H3. The fourth-order valence-corrected chi connectivity index (χ4v) is 1.69.